The van der Waals surface area contributed by atoms with Crippen LogP contribution in [0.2, 0.25) is 0 Å². The Hall–Kier alpha value is 0.610. The molecule has 1 unspecified atom stereocenters. The molecule has 0 spiro atoms. The van der Waals surface area contributed by atoms with E-state index >= 15 is 0 Å². The maximum absolute atomic E-state index is 10.8. The Kier molecular flexibility index (Phi) is 29.5. The molecule has 0 radical (unpaired) electrons. The quantitative estimate of drug-likeness (QED) is 0.0521. The van der Waals surface area contributed by atoms with Crippen molar-refractivity contribution < 1.29 is 46.7 Å². The molecule has 0 saturated heterocycles. The number of hydrogen-bond acceptors (Lipinski definition) is 4. The zero-order valence-electron chi connectivity index (χ0n) is 22.3. The van der Waals surface area contributed by atoms with Crippen LogP contribution in [0, 0.1) is 5.92 Å². The van der Waals surface area contributed by atoms with Gasteiger partial charge in [-0.05, 0) is 19.3 Å². The maximum atomic E-state index is 10.8. The molecular formula is C27H53NaO4S. The number of rotatable bonds is 25. The summed E-state index contributed by atoms with van der Waals surface area (Å²) in [7, 11) is -4.61. The summed E-state index contributed by atoms with van der Waals surface area (Å²) in [6.07, 6.45) is 30.8. The smallest absolute Gasteiger partial charge is 0.726 e. The predicted molar refractivity (Wildman–Crippen MR) is 137 cm³/mol. The normalized spacial score (nSPS) is 12.8. The molecule has 0 aliphatic rings. The van der Waals surface area contributed by atoms with Crippen LogP contribution >= 0.6 is 0 Å². The second-order valence-corrected chi connectivity index (χ2v) is 10.5. The van der Waals surface area contributed by atoms with E-state index in [1.165, 1.54) is 116 Å². The second-order valence-electron chi connectivity index (χ2n) is 9.47. The predicted octanol–water partition coefficient (Wildman–Crippen LogP) is 5.87. The fourth-order valence-electron chi connectivity index (χ4n) is 4.16. The number of allylic oxidation sites excluding steroid dienone is 1. The third-order valence-corrected chi connectivity index (χ3v) is 6.66. The average Bonchev–Trinajstić information content (AvgIpc) is 2.75. The van der Waals surface area contributed by atoms with Gasteiger partial charge in [-0.2, -0.15) is 0 Å². The van der Waals surface area contributed by atoms with Gasteiger partial charge in [-0.25, -0.2) is 8.42 Å². The molecule has 1 atom stereocenters. The summed E-state index contributed by atoms with van der Waals surface area (Å²) in [5, 5.41) is 0. The average molecular weight is 497 g/mol. The van der Waals surface area contributed by atoms with E-state index in [1.807, 2.05) is 0 Å². The van der Waals surface area contributed by atoms with Crippen LogP contribution in [0.15, 0.2) is 12.2 Å². The summed E-state index contributed by atoms with van der Waals surface area (Å²) in [6.45, 7) is 4.48. The van der Waals surface area contributed by atoms with Crippen LogP contribution in [0.1, 0.15) is 149 Å². The summed E-state index contributed by atoms with van der Waals surface area (Å²) >= 11 is 0. The zero-order valence-corrected chi connectivity index (χ0v) is 25.1. The van der Waals surface area contributed by atoms with Crippen LogP contribution in [-0.2, 0) is 14.6 Å². The second kappa shape index (κ2) is 27.2. The molecule has 0 saturated carbocycles. The minimum Gasteiger partial charge on any atom is -0.726 e. The van der Waals surface area contributed by atoms with Crippen LogP contribution in [0.25, 0.3) is 0 Å². The summed E-state index contributed by atoms with van der Waals surface area (Å²) < 4.78 is 37.0. The van der Waals surface area contributed by atoms with Crippen molar-refractivity contribution in [1.29, 1.82) is 0 Å². The monoisotopic (exact) mass is 496 g/mol. The van der Waals surface area contributed by atoms with Gasteiger partial charge in [0, 0.05) is 5.92 Å². The van der Waals surface area contributed by atoms with E-state index < -0.39 is 10.4 Å². The van der Waals surface area contributed by atoms with Gasteiger partial charge in [0.05, 0.1) is 6.61 Å². The van der Waals surface area contributed by atoms with Gasteiger partial charge >= 0.3 is 29.6 Å². The molecule has 0 amide bonds. The first-order valence-electron chi connectivity index (χ1n) is 13.8. The van der Waals surface area contributed by atoms with E-state index in [9.17, 15) is 13.0 Å². The molecule has 0 aromatic carbocycles. The largest absolute Gasteiger partial charge is 1.00 e. The van der Waals surface area contributed by atoms with Gasteiger partial charge < -0.3 is 4.55 Å². The Morgan fingerprint density at radius 1 is 0.667 bits per heavy atom. The van der Waals surface area contributed by atoms with Crippen LogP contribution < -0.4 is 29.6 Å². The van der Waals surface area contributed by atoms with Gasteiger partial charge in [-0.1, -0.05) is 142 Å². The van der Waals surface area contributed by atoms with Crippen molar-refractivity contribution in [2.24, 2.45) is 5.92 Å². The topological polar surface area (TPSA) is 66.4 Å². The summed E-state index contributed by atoms with van der Waals surface area (Å²) in [5.41, 5.74) is 0. The molecule has 0 N–H and O–H groups in total. The molecule has 33 heavy (non-hydrogen) atoms. The SMILES string of the molecule is CCCCCCCCCCCCC/C=C/C(CCCCCCCCCC)COS(=O)(=O)[O-].[Na+]. The summed E-state index contributed by atoms with van der Waals surface area (Å²) in [4.78, 5) is 0. The Morgan fingerprint density at radius 2 is 1.06 bits per heavy atom. The van der Waals surface area contributed by atoms with Gasteiger partial charge in [-0.3, -0.25) is 4.18 Å². The van der Waals surface area contributed by atoms with Crippen LogP contribution in [-0.4, -0.2) is 19.6 Å². The first-order valence-corrected chi connectivity index (χ1v) is 15.1. The molecule has 0 heterocycles. The van der Waals surface area contributed by atoms with E-state index in [-0.39, 0.29) is 42.1 Å². The molecular weight excluding hydrogens is 443 g/mol. The first-order chi connectivity index (χ1) is 15.5. The summed E-state index contributed by atoms with van der Waals surface area (Å²) in [5.74, 6) is 0.0199. The molecule has 0 aromatic rings. The maximum Gasteiger partial charge on any atom is 1.00 e. The van der Waals surface area contributed by atoms with Crippen LogP contribution in [0.3, 0.4) is 0 Å². The minimum atomic E-state index is -4.61. The van der Waals surface area contributed by atoms with Gasteiger partial charge in [0.15, 0.2) is 0 Å². The molecule has 6 heteroatoms. The fraction of sp³-hybridized carbons (Fsp3) is 0.926. The molecule has 0 bridgehead atoms. The van der Waals surface area contributed by atoms with Gasteiger partial charge in [-0.15, -0.1) is 0 Å². The number of hydrogen-bond donors (Lipinski definition) is 0. The number of unbranched alkanes of at least 4 members (excludes halogenated alkanes) is 18. The van der Waals surface area contributed by atoms with Crippen molar-refractivity contribution in [1.82, 2.24) is 0 Å². The van der Waals surface area contributed by atoms with Crippen molar-refractivity contribution in [3.8, 4) is 0 Å². The molecule has 0 aromatic heterocycles. The van der Waals surface area contributed by atoms with Crippen molar-refractivity contribution >= 4 is 10.4 Å². The standard InChI is InChI=1S/C27H54O4S.Na/c1-3-5-7-9-11-13-14-15-16-17-19-21-23-25-27(26-31-32(28,29)30)24-22-20-18-12-10-8-6-4-2;/h23,25,27H,3-22,24,26H2,1-2H3,(H,28,29,30);/q;+1/p-1/b25-23+;. The molecule has 0 fully saturated rings. The van der Waals surface area contributed by atoms with E-state index in [0.29, 0.717) is 0 Å². The van der Waals surface area contributed by atoms with Crippen molar-refractivity contribution in [2.45, 2.75) is 149 Å². The third-order valence-electron chi connectivity index (χ3n) is 6.24. The van der Waals surface area contributed by atoms with Crippen LogP contribution in [0.4, 0.5) is 0 Å². The molecule has 4 nitrogen and oxygen atoms in total. The van der Waals surface area contributed by atoms with Gasteiger partial charge in [0.1, 0.15) is 0 Å². The molecule has 192 valence electrons. The minimum absolute atomic E-state index is 0. The van der Waals surface area contributed by atoms with Gasteiger partial charge in [0.2, 0.25) is 10.4 Å². The first kappa shape index (κ1) is 35.8. The molecule has 0 aliphatic heterocycles. The van der Waals surface area contributed by atoms with Crippen LogP contribution in [0.5, 0.6) is 0 Å². The Bertz CT molecular complexity index is 508. The third kappa shape index (κ3) is 30.6. The van der Waals surface area contributed by atoms with E-state index in [0.717, 1.165) is 19.3 Å². The zero-order chi connectivity index (χ0) is 23.8. The van der Waals surface area contributed by atoms with Crippen molar-refractivity contribution in [2.75, 3.05) is 6.61 Å². The van der Waals surface area contributed by atoms with E-state index in [1.54, 1.807) is 0 Å². The molecule has 0 rings (SSSR count). The Labute approximate surface area is 229 Å². The van der Waals surface area contributed by atoms with E-state index in [2.05, 4.69) is 30.2 Å². The van der Waals surface area contributed by atoms with E-state index in [4.69, 9.17) is 0 Å². The molecule has 0 aliphatic carbocycles. The van der Waals surface area contributed by atoms with Crippen molar-refractivity contribution in [3.05, 3.63) is 12.2 Å². The summed E-state index contributed by atoms with van der Waals surface area (Å²) in [6, 6.07) is 0. The fourth-order valence-corrected chi connectivity index (χ4v) is 4.50. The Balaban J connectivity index is 0. The Morgan fingerprint density at radius 3 is 1.48 bits per heavy atom. The van der Waals surface area contributed by atoms with Crippen molar-refractivity contribution in [3.63, 3.8) is 0 Å². The van der Waals surface area contributed by atoms with Gasteiger partial charge in [0.25, 0.3) is 0 Å².